The fourth-order valence-corrected chi connectivity index (χ4v) is 2.57. The van der Waals surface area contributed by atoms with Gasteiger partial charge >= 0.3 is 0 Å². The van der Waals surface area contributed by atoms with Crippen LogP contribution in [0.15, 0.2) is 73.1 Å². The summed E-state index contributed by atoms with van der Waals surface area (Å²) in [5.74, 6) is 0. The summed E-state index contributed by atoms with van der Waals surface area (Å²) in [7, 11) is 0. The van der Waals surface area contributed by atoms with E-state index in [-0.39, 0.29) is 0 Å². The molecule has 0 unspecified atom stereocenters. The van der Waals surface area contributed by atoms with E-state index >= 15 is 0 Å². The molecular formula is C20H14N2. The number of aromatic nitrogens is 2. The molecule has 0 spiro atoms. The summed E-state index contributed by atoms with van der Waals surface area (Å²) in [5.41, 5.74) is 4.31. The molecule has 0 saturated carbocycles. The van der Waals surface area contributed by atoms with E-state index in [1.807, 2.05) is 42.7 Å². The van der Waals surface area contributed by atoms with Crippen LogP contribution >= 0.6 is 0 Å². The Morgan fingerprint density at radius 2 is 1.36 bits per heavy atom. The Labute approximate surface area is 128 Å². The van der Waals surface area contributed by atoms with Crippen molar-refractivity contribution in [1.82, 2.24) is 9.97 Å². The molecule has 0 amide bonds. The van der Waals surface area contributed by atoms with E-state index in [0.717, 1.165) is 32.9 Å². The van der Waals surface area contributed by atoms with E-state index in [4.69, 9.17) is 0 Å². The molecule has 2 heterocycles. The maximum absolute atomic E-state index is 4.48. The molecule has 2 heteroatoms. The fraction of sp³-hybridized carbons (Fsp3) is 0. The first-order valence-corrected chi connectivity index (χ1v) is 7.26. The first-order chi connectivity index (χ1) is 10.9. The summed E-state index contributed by atoms with van der Waals surface area (Å²) in [6.07, 6.45) is 7.93. The van der Waals surface area contributed by atoms with E-state index in [9.17, 15) is 0 Å². The van der Waals surface area contributed by atoms with Gasteiger partial charge in [-0.2, -0.15) is 0 Å². The third-order valence-corrected chi connectivity index (χ3v) is 3.71. The second-order valence-electron chi connectivity index (χ2n) is 5.25. The zero-order chi connectivity index (χ0) is 14.8. The van der Waals surface area contributed by atoms with E-state index in [2.05, 4.69) is 52.5 Å². The van der Waals surface area contributed by atoms with Crippen LogP contribution in [0.2, 0.25) is 0 Å². The third kappa shape index (κ3) is 2.47. The molecule has 0 aliphatic heterocycles. The monoisotopic (exact) mass is 282 g/mol. The van der Waals surface area contributed by atoms with Gasteiger partial charge < -0.3 is 0 Å². The molecule has 2 aromatic carbocycles. The van der Waals surface area contributed by atoms with Crippen LogP contribution in [0.1, 0.15) is 11.1 Å². The number of para-hydroxylation sites is 1. The van der Waals surface area contributed by atoms with Gasteiger partial charge in [0.1, 0.15) is 0 Å². The van der Waals surface area contributed by atoms with Crippen LogP contribution in [-0.4, -0.2) is 9.97 Å². The van der Waals surface area contributed by atoms with Gasteiger partial charge in [-0.25, -0.2) is 0 Å². The van der Waals surface area contributed by atoms with Crippen LogP contribution in [0.25, 0.3) is 34.0 Å². The molecule has 2 aromatic heterocycles. The number of nitrogens with zero attached hydrogens (tertiary/aromatic N) is 2. The largest absolute Gasteiger partial charge is 0.256 e. The molecule has 4 aromatic rings. The van der Waals surface area contributed by atoms with Gasteiger partial charge in [0.05, 0.1) is 11.0 Å². The van der Waals surface area contributed by atoms with Crippen molar-refractivity contribution in [1.29, 1.82) is 0 Å². The average molecular weight is 282 g/mol. The summed E-state index contributed by atoms with van der Waals surface area (Å²) < 4.78 is 0. The van der Waals surface area contributed by atoms with Crippen molar-refractivity contribution in [2.75, 3.05) is 0 Å². The molecule has 0 aliphatic rings. The lowest BCUT2D eigenvalue weighted by molar-refractivity contribution is 1.40. The second-order valence-corrected chi connectivity index (χ2v) is 5.25. The summed E-state index contributed by atoms with van der Waals surface area (Å²) in [4.78, 5) is 8.82. The Morgan fingerprint density at radius 1 is 0.636 bits per heavy atom. The maximum atomic E-state index is 4.48. The zero-order valence-electron chi connectivity index (χ0n) is 12.0. The van der Waals surface area contributed by atoms with Crippen molar-refractivity contribution in [2.45, 2.75) is 0 Å². The first-order valence-electron chi connectivity index (χ1n) is 7.26. The van der Waals surface area contributed by atoms with Crippen molar-refractivity contribution in [3.63, 3.8) is 0 Å². The first kappa shape index (κ1) is 12.7. The summed E-state index contributed by atoms with van der Waals surface area (Å²) >= 11 is 0. The molecule has 0 fully saturated rings. The Balaban J connectivity index is 1.68. The van der Waals surface area contributed by atoms with Crippen LogP contribution in [0, 0.1) is 0 Å². The SMILES string of the molecule is C(=C\c1cnc2ccccc2c1)/c1ccc2ncccc2c1. The van der Waals surface area contributed by atoms with Crippen LogP contribution in [0.3, 0.4) is 0 Å². The highest BCUT2D eigenvalue weighted by molar-refractivity contribution is 5.85. The van der Waals surface area contributed by atoms with Crippen molar-refractivity contribution >= 4 is 34.0 Å². The van der Waals surface area contributed by atoms with Gasteiger partial charge in [-0.05, 0) is 41.5 Å². The minimum atomic E-state index is 1.02. The Kier molecular flexibility index (Phi) is 3.13. The Bertz CT molecular complexity index is 905. The smallest absolute Gasteiger partial charge is 0.0702 e. The fourth-order valence-electron chi connectivity index (χ4n) is 2.57. The molecule has 104 valence electrons. The van der Waals surface area contributed by atoms with Crippen molar-refractivity contribution in [3.8, 4) is 0 Å². The molecule has 4 rings (SSSR count). The highest BCUT2D eigenvalue weighted by Gasteiger charge is 1.96. The lowest BCUT2D eigenvalue weighted by atomic mass is 10.1. The molecule has 0 atom stereocenters. The second kappa shape index (κ2) is 5.41. The predicted octanol–water partition coefficient (Wildman–Crippen LogP) is 4.95. The standard InChI is InChI=1S/C20H14N2/c1-2-6-19-17(4-1)13-16(14-22-19)8-7-15-9-10-20-18(12-15)5-3-11-21-20/h1-14H/b8-7+. The van der Waals surface area contributed by atoms with Crippen LogP contribution in [0.5, 0.6) is 0 Å². The van der Waals surface area contributed by atoms with Crippen molar-refractivity contribution in [2.24, 2.45) is 0 Å². The van der Waals surface area contributed by atoms with Crippen LogP contribution in [0.4, 0.5) is 0 Å². The lowest BCUT2D eigenvalue weighted by Crippen LogP contribution is -1.81. The highest BCUT2D eigenvalue weighted by Crippen LogP contribution is 2.17. The van der Waals surface area contributed by atoms with Gasteiger partial charge in [0.15, 0.2) is 0 Å². The minimum Gasteiger partial charge on any atom is -0.256 e. The number of benzene rings is 2. The molecule has 0 radical (unpaired) electrons. The number of hydrogen-bond acceptors (Lipinski definition) is 2. The summed E-state index contributed by atoms with van der Waals surface area (Å²) in [6, 6.07) is 20.6. The topological polar surface area (TPSA) is 25.8 Å². The molecular weight excluding hydrogens is 268 g/mol. The number of rotatable bonds is 2. The maximum Gasteiger partial charge on any atom is 0.0702 e. The molecule has 0 aliphatic carbocycles. The molecule has 22 heavy (non-hydrogen) atoms. The number of pyridine rings is 2. The van der Waals surface area contributed by atoms with Gasteiger partial charge in [-0.1, -0.05) is 42.5 Å². The average Bonchev–Trinajstić information content (AvgIpc) is 2.59. The van der Waals surface area contributed by atoms with Crippen molar-refractivity contribution < 1.29 is 0 Å². The zero-order valence-corrected chi connectivity index (χ0v) is 12.0. The van der Waals surface area contributed by atoms with Crippen LogP contribution in [-0.2, 0) is 0 Å². The molecule has 0 saturated heterocycles. The van der Waals surface area contributed by atoms with Crippen LogP contribution < -0.4 is 0 Å². The van der Waals surface area contributed by atoms with E-state index in [1.165, 1.54) is 0 Å². The summed E-state index contributed by atoms with van der Waals surface area (Å²) in [5, 5.41) is 2.31. The molecule has 0 N–H and O–H groups in total. The Hall–Kier alpha value is -3.00. The quantitative estimate of drug-likeness (QED) is 0.519. The van der Waals surface area contributed by atoms with Gasteiger partial charge in [0.2, 0.25) is 0 Å². The molecule has 0 bridgehead atoms. The predicted molar refractivity (Wildman–Crippen MR) is 92.4 cm³/mol. The minimum absolute atomic E-state index is 1.02. The summed E-state index contributed by atoms with van der Waals surface area (Å²) in [6.45, 7) is 0. The van der Waals surface area contributed by atoms with Gasteiger partial charge in [-0.3, -0.25) is 9.97 Å². The number of fused-ring (bicyclic) bond motifs is 2. The van der Waals surface area contributed by atoms with E-state index in [1.54, 1.807) is 0 Å². The third-order valence-electron chi connectivity index (χ3n) is 3.71. The van der Waals surface area contributed by atoms with Gasteiger partial charge in [0, 0.05) is 23.2 Å². The van der Waals surface area contributed by atoms with E-state index in [0.29, 0.717) is 0 Å². The van der Waals surface area contributed by atoms with Gasteiger partial charge in [0.25, 0.3) is 0 Å². The molecule has 2 nitrogen and oxygen atoms in total. The normalized spacial score (nSPS) is 11.5. The van der Waals surface area contributed by atoms with E-state index < -0.39 is 0 Å². The number of hydrogen-bond donors (Lipinski definition) is 0. The van der Waals surface area contributed by atoms with Crippen molar-refractivity contribution in [3.05, 3.63) is 84.2 Å². The van der Waals surface area contributed by atoms with Gasteiger partial charge in [-0.15, -0.1) is 0 Å². The highest BCUT2D eigenvalue weighted by atomic mass is 14.6. The lowest BCUT2D eigenvalue weighted by Gasteiger charge is -2.00. The Morgan fingerprint density at radius 3 is 2.32 bits per heavy atom.